The van der Waals surface area contributed by atoms with E-state index in [2.05, 4.69) is 27.4 Å². The van der Waals surface area contributed by atoms with Gasteiger partial charge in [-0.2, -0.15) is 12.1 Å². The van der Waals surface area contributed by atoms with Crippen molar-refractivity contribution in [2.24, 2.45) is 7.05 Å². The number of piperidine rings is 1. The summed E-state index contributed by atoms with van der Waals surface area (Å²) in [4.78, 5) is 29.1. The SMILES string of the molecule is CC.Cc1cc(CN2CCC(c3[c-]cc(C(=O)N(C)C)cc3F)CC2)n(C)[nH]ccc1-n1ccc2c(c1=O)CCN2.[Y]. The molecule has 1 amide bonds. The van der Waals surface area contributed by atoms with Gasteiger partial charge in [0.15, 0.2) is 5.91 Å². The third-order valence-electron chi connectivity index (χ3n) is 7.83. The number of halogens is 1. The summed E-state index contributed by atoms with van der Waals surface area (Å²) in [5.41, 5.74) is 5.59. The molecule has 4 heterocycles. The zero-order chi connectivity index (χ0) is 29.7. The predicted molar refractivity (Wildman–Crippen MR) is 162 cm³/mol. The van der Waals surface area contributed by atoms with Crippen LogP contribution in [0, 0.1) is 18.8 Å². The van der Waals surface area contributed by atoms with E-state index in [1.54, 1.807) is 24.7 Å². The second-order valence-electron chi connectivity index (χ2n) is 10.7. The van der Waals surface area contributed by atoms with Gasteiger partial charge in [-0.15, -0.1) is 11.6 Å². The molecule has 0 spiro atoms. The number of fused-ring (bicyclic) bond motifs is 1. The molecule has 2 aliphatic rings. The van der Waals surface area contributed by atoms with E-state index in [-0.39, 0.29) is 55.9 Å². The van der Waals surface area contributed by atoms with Gasteiger partial charge in [-0.1, -0.05) is 19.4 Å². The molecule has 8 nitrogen and oxygen atoms in total. The van der Waals surface area contributed by atoms with Gasteiger partial charge in [-0.3, -0.25) is 28.1 Å². The zero-order valence-electron chi connectivity index (χ0n) is 25.6. The number of aromatic amines is 1. The van der Waals surface area contributed by atoms with E-state index in [9.17, 15) is 14.0 Å². The molecule has 1 saturated heterocycles. The van der Waals surface area contributed by atoms with Crippen LogP contribution in [-0.2, 0) is 52.7 Å². The summed E-state index contributed by atoms with van der Waals surface area (Å²) in [6, 6.07) is 12.0. The normalized spacial score (nSPS) is 14.5. The van der Waals surface area contributed by atoms with Crippen molar-refractivity contribution in [1.82, 2.24) is 24.1 Å². The van der Waals surface area contributed by atoms with Crippen LogP contribution in [0.15, 0.2) is 47.5 Å². The van der Waals surface area contributed by atoms with Crippen LogP contribution in [0.1, 0.15) is 65.3 Å². The first-order chi connectivity index (χ1) is 19.7. The van der Waals surface area contributed by atoms with Crippen LogP contribution in [0.2, 0.25) is 0 Å². The molecule has 0 bridgehead atoms. The number of rotatable bonds is 5. The van der Waals surface area contributed by atoms with Gasteiger partial charge >= 0.3 is 0 Å². The largest absolute Gasteiger partial charge is 0.384 e. The van der Waals surface area contributed by atoms with E-state index >= 15 is 0 Å². The minimum absolute atomic E-state index is 0. The van der Waals surface area contributed by atoms with E-state index in [4.69, 9.17) is 0 Å². The van der Waals surface area contributed by atoms with Crippen molar-refractivity contribution in [2.75, 3.05) is 39.0 Å². The number of nitrogens with one attached hydrogen (secondary N) is 2. The van der Waals surface area contributed by atoms with Crippen molar-refractivity contribution in [1.29, 1.82) is 0 Å². The van der Waals surface area contributed by atoms with E-state index < -0.39 is 0 Å². The molecule has 5 rings (SSSR count). The summed E-state index contributed by atoms with van der Waals surface area (Å²) in [7, 11) is 5.29. The summed E-state index contributed by atoms with van der Waals surface area (Å²) >= 11 is 0. The molecule has 223 valence electrons. The maximum atomic E-state index is 14.9. The third-order valence-corrected chi connectivity index (χ3v) is 7.83. The Morgan fingerprint density at radius 3 is 2.55 bits per heavy atom. The summed E-state index contributed by atoms with van der Waals surface area (Å²) in [6.45, 7) is 9.20. The quantitative estimate of drug-likeness (QED) is 0.384. The standard InChI is InChI=1S/C30H36FN6O2.C2H6.Y/c1-20-17-23(35(4)33-13-8-28(20)37-16-11-27-25(30(37)39)7-12-32-27)19-36-14-9-21(10-15-36)24-6-5-22(18-26(24)31)29(38)34(2)3;1-2;/h5,8,11,13,16-18,21,32-33H,7,9-10,12,14-15,19H2,1-4H3;1-2H3;/q-1;;. The number of hydrogen-bond acceptors (Lipinski definition) is 4. The monoisotopic (exact) mass is 650 g/mol. The Morgan fingerprint density at radius 2 is 1.88 bits per heavy atom. The number of hydrogen-bond donors (Lipinski definition) is 2. The second kappa shape index (κ2) is 15.1. The van der Waals surface area contributed by atoms with Gasteiger partial charge in [-0.25, -0.2) is 0 Å². The van der Waals surface area contributed by atoms with Gasteiger partial charge < -0.3 is 15.3 Å². The molecule has 1 fully saturated rings. The van der Waals surface area contributed by atoms with Crippen molar-refractivity contribution in [3.05, 3.63) is 92.9 Å². The first kappa shape index (κ1) is 33.8. The van der Waals surface area contributed by atoms with Crippen LogP contribution in [0.25, 0.3) is 5.69 Å². The van der Waals surface area contributed by atoms with E-state index in [1.807, 2.05) is 57.0 Å². The molecular formula is C32H42FN6O2Y-. The number of amides is 1. The summed E-state index contributed by atoms with van der Waals surface area (Å²) in [5.74, 6) is -0.508. The van der Waals surface area contributed by atoms with Gasteiger partial charge in [0.1, 0.15) is 0 Å². The Bertz CT molecular complexity index is 1500. The van der Waals surface area contributed by atoms with Gasteiger partial charge in [0, 0.05) is 102 Å². The molecule has 2 aliphatic heterocycles. The third kappa shape index (κ3) is 7.42. The summed E-state index contributed by atoms with van der Waals surface area (Å²) in [6.07, 6.45) is 6.07. The van der Waals surface area contributed by atoms with E-state index in [0.717, 1.165) is 73.6 Å². The van der Waals surface area contributed by atoms with Crippen molar-refractivity contribution in [3.8, 4) is 5.69 Å². The maximum Gasteiger partial charge on any atom is 0.260 e. The molecule has 2 aromatic heterocycles. The number of benzene rings is 1. The van der Waals surface area contributed by atoms with Crippen LogP contribution in [0.3, 0.4) is 0 Å². The summed E-state index contributed by atoms with van der Waals surface area (Å²) in [5, 5.41) is 6.56. The second-order valence-corrected chi connectivity index (χ2v) is 10.7. The minimum Gasteiger partial charge on any atom is -0.384 e. The Morgan fingerprint density at radius 1 is 1.17 bits per heavy atom. The average Bonchev–Trinajstić information content (AvgIpc) is 3.46. The molecule has 0 aliphatic carbocycles. The summed E-state index contributed by atoms with van der Waals surface area (Å²) < 4.78 is 18.6. The number of pyridine rings is 1. The van der Waals surface area contributed by atoms with Gasteiger partial charge in [0.2, 0.25) is 0 Å². The van der Waals surface area contributed by atoms with Crippen LogP contribution < -0.4 is 10.9 Å². The first-order valence-corrected chi connectivity index (χ1v) is 14.4. The van der Waals surface area contributed by atoms with Crippen molar-refractivity contribution < 1.29 is 41.9 Å². The Balaban J connectivity index is 0.00000158. The number of H-pyrrole nitrogens is 1. The molecule has 0 unspecified atom stereocenters. The topological polar surface area (TPSA) is 78.3 Å². The molecule has 42 heavy (non-hydrogen) atoms. The Hall–Kier alpha value is -2.75. The first-order valence-electron chi connectivity index (χ1n) is 14.4. The van der Waals surface area contributed by atoms with Gasteiger partial charge in [-0.05, 0) is 69.0 Å². The molecule has 10 heteroatoms. The number of carbonyl (C=O) groups is 1. The number of carbonyl (C=O) groups excluding carboxylic acids is 1. The Labute approximate surface area is 273 Å². The van der Waals surface area contributed by atoms with Gasteiger partial charge in [0.25, 0.3) is 5.56 Å². The van der Waals surface area contributed by atoms with E-state index in [0.29, 0.717) is 11.1 Å². The molecule has 1 radical (unpaired) electrons. The van der Waals surface area contributed by atoms with Crippen LogP contribution in [0.5, 0.6) is 0 Å². The molecule has 3 aromatic rings. The smallest absolute Gasteiger partial charge is 0.260 e. The van der Waals surface area contributed by atoms with Crippen molar-refractivity contribution in [2.45, 2.75) is 52.5 Å². The fourth-order valence-corrected chi connectivity index (χ4v) is 5.57. The zero-order valence-corrected chi connectivity index (χ0v) is 28.5. The number of nitrogens with zero attached hydrogens (tertiary/aromatic N) is 4. The minimum atomic E-state index is -0.356. The molecule has 0 saturated carbocycles. The van der Waals surface area contributed by atoms with Crippen LogP contribution in [0.4, 0.5) is 10.1 Å². The molecule has 2 N–H and O–H groups in total. The van der Waals surface area contributed by atoms with Crippen LogP contribution in [-0.4, -0.2) is 63.8 Å². The Kier molecular flexibility index (Phi) is 12.2. The number of aromatic nitrogens is 3. The van der Waals surface area contributed by atoms with Crippen LogP contribution >= 0.6 is 0 Å². The van der Waals surface area contributed by atoms with Gasteiger partial charge in [0.05, 0.1) is 5.69 Å². The molecular weight excluding hydrogens is 608 g/mol. The average molecular weight is 651 g/mol. The van der Waals surface area contributed by atoms with Crippen molar-refractivity contribution >= 4 is 11.6 Å². The number of aryl methyl sites for hydroxylation is 2. The van der Waals surface area contributed by atoms with Crippen molar-refractivity contribution in [3.63, 3.8) is 0 Å². The van der Waals surface area contributed by atoms with E-state index in [1.165, 1.54) is 11.0 Å². The molecule has 0 atom stereocenters. The molecule has 1 aromatic carbocycles. The fraction of sp³-hybridized carbons (Fsp3) is 0.438. The predicted octanol–water partition coefficient (Wildman–Crippen LogP) is 4.95. The maximum absolute atomic E-state index is 14.9. The fourth-order valence-electron chi connectivity index (χ4n) is 5.57. The number of anilines is 1. The number of likely N-dealkylation sites (tertiary alicyclic amines) is 1.